The number of esters is 1. The Morgan fingerprint density at radius 2 is 2.05 bits per heavy atom. The van der Waals surface area contributed by atoms with Crippen molar-refractivity contribution in [3.63, 3.8) is 0 Å². The standard InChI is InChI=1S/C15H13Cl2NO3S/c16-10-3-5-12(17)13(8-10)18-14(19)9-21-15(20)6-4-11-2-1-7-22-11/h1-3,5,7-8H,4,6,9H2,(H,18,19). The molecule has 1 N–H and O–H groups in total. The van der Waals surface area contributed by atoms with Crippen molar-refractivity contribution < 1.29 is 14.3 Å². The zero-order valence-electron chi connectivity index (χ0n) is 11.5. The van der Waals surface area contributed by atoms with Crippen molar-refractivity contribution in [2.75, 3.05) is 11.9 Å². The molecule has 0 spiro atoms. The molecule has 0 radical (unpaired) electrons. The molecule has 0 unspecified atom stereocenters. The third kappa shape index (κ3) is 5.33. The lowest BCUT2D eigenvalue weighted by atomic mass is 10.3. The van der Waals surface area contributed by atoms with Crippen LogP contribution in [0, 0.1) is 0 Å². The largest absolute Gasteiger partial charge is 0.456 e. The van der Waals surface area contributed by atoms with Gasteiger partial charge in [0.1, 0.15) is 0 Å². The molecule has 0 saturated heterocycles. The maximum absolute atomic E-state index is 11.7. The number of benzene rings is 1. The highest BCUT2D eigenvalue weighted by Gasteiger charge is 2.10. The van der Waals surface area contributed by atoms with Gasteiger partial charge in [-0.05, 0) is 36.1 Å². The van der Waals surface area contributed by atoms with E-state index in [0.29, 0.717) is 22.2 Å². The van der Waals surface area contributed by atoms with Crippen molar-refractivity contribution >= 4 is 52.1 Å². The van der Waals surface area contributed by atoms with Gasteiger partial charge in [-0.2, -0.15) is 0 Å². The number of anilines is 1. The topological polar surface area (TPSA) is 55.4 Å². The van der Waals surface area contributed by atoms with Gasteiger partial charge in [-0.1, -0.05) is 29.3 Å². The van der Waals surface area contributed by atoms with Gasteiger partial charge in [0, 0.05) is 9.90 Å². The highest BCUT2D eigenvalue weighted by atomic mass is 35.5. The summed E-state index contributed by atoms with van der Waals surface area (Å²) >= 11 is 13.3. The van der Waals surface area contributed by atoms with Gasteiger partial charge in [-0.25, -0.2) is 0 Å². The fraction of sp³-hybridized carbons (Fsp3) is 0.200. The minimum Gasteiger partial charge on any atom is -0.456 e. The summed E-state index contributed by atoms with van der Waals surface area (Å²) in [4.78, 5) is 24.4. The molecule has 0 fully saturated rings. The van der Waals surface area contributed by atoms with Gasteiger partial charge < -0.3 is 10.1 Å². The van der Waals surface area contributed by atoms with Gasteiger partial charge in [0.05, 0.1) is 17.1 Å². The number of hydrogen-bond donors (Lipinski definition) is 1. The fourth-order valence-corrected chi connectivity index (χ4v) is 2.72. The number of carbonyl (C=O) groups is 2. The first-order valence-electron chi connectivity index (χ1n) is 6.47. The van der Waals surface area contributed by atoms with Crippen LogP contribution in [-0.4, -0.2) is 18.5 Å². The zero-order valence-corrected chi connectivity index (χ0v) is 13.8. The van der Waals surface area contributed by atoms with Crippen LogP contribution in [0.2, 0.25) is 10.0 Å². The lowest BCUT2D eigenvalue weighted by Crippen LogP contribution is -2.21. The molecule has 7 heteroatoms. The Hall–Kier alpha value is -1.56. The predicted molar refractivity (Wildman–Crippen MR) is 88.7 cm³/mol. The summed E-state index contributed by atoms with van der Waals surface area (Å²) < 4.78 is 4.92. The molecule has 2 aromatic rings. The van der Waals surface area contributed by atoms with Crippen LogP contribution in [-0.2, 0) is 20.7 Å². The maximum Gasteiger partial charge on any atom is 0.306 e. The normalized spacial score (nSPS) is 10.3. The summed E-state index contributed by atoms with van der Waals surface area (Å²) in [5.41, 5.74) is 0.383. The molecule has 116 valence electrons. The average Bonchev–Trinajstić information content (AvgIpc) is 3.00. The van der Waals surface area contributed by atoms with E-state index < -0.39 is 11.9 Å². The molecule has 0 aliphatic rings. The second kappa shape index (κ2) is 8.17. The van der Waals surface area contributed by atoms with Gasteiger partial charge in [-0.15, -0.1) is 11.3 Å². The highest BCUT2D eigenvalue weighted by molar-refractivity contribution is 7.09. The molecule has 0 aliphatic carbocycles. The van der Waals surface area contributed by atoms with E-state index in [0.717, 1.165) is 4.88 Å². The zero-order chi connectivity index (χ0) is 15.9. The molecule has 2 rings (SSSR count). The predicted octanol–water partition coefficient (Wildman–Crippen LogP) is 4.17. The third-order valence-electron chi connectivity index (χ3n) is 2.72. The number of halogens is 2. The molecule has 0 bridgehead atoms. The monoisotopic (exact) mass is 357 g/mol. The summed E-state index contributed by atoms with van der Waals surface area (Å²) in [7, 11) is 0. The summed E-state index contributed by atoms with van der Waals surface area (Å²) in [6, 6.07) is 8.59. The van der Waals surface area contributed by atoms with Crippen LogP contribution in [0.1, 0.15) is 11.3 Å². The Kier molecular flexibility index (Phi) is 6.24. The molecule has 0 atom stereocenters. The molecule has 1 aromatic heterocycles. The molecule has 0 saturated carbocycles. The molecule has 0 aliphatic heterocycles. The smallest absolute Gasteiger partial charge is 0.306 e. The first-order chi connectivity index (χ1) is 10.5. The summed E-state index contributed by atoms with van der Waals surface area (Å²) in [5.74, 6) is -0.880. The summed E-state index contributed by atoms with van der Waals surface area (Å²) in [5, 5.41) is 5.31. The average molecular weight is 358 g/mol. The van der Waals surface area contributed by atoms with Gasteiger partial charge in [-0.3, -0.25) is 9.59 Å². The van der Waals surface area contributed by atoms with Crippen molar-refractivity contribution in [2.45, 2.75) is 12.8 Å². The molecular formula is C15H13Cl2NO3S. The van der Waals surface area contributed by atoms with Crippen molar-refractivity contribution in [1.29, 1.82) is 0 Å². The summed E-state index contributed by atoms with van der Waals surface area (Å²) in [6.07, 6.45) is 0.851. The second-order valence-corrected chi connectivity index (χ2v) is 6.29. The number of hydrogen-bond acceptors (Lipinski definition) is 4. The first-order valence-corrected chi connectivity index (χ1v) is 8.11. The minimum absolute atomic E-state index is 0.242. The Labute approximate surface area is 142 Å². The number of rotatable bonds is 6. The number of aryl methyl sites for hydroxylation is 1. The molecule has 1 aromatic carbocycles. The van der Waals surface area contributed by atoms with E-state index >= 15 is 0 Å². The van der Waals surface area contributed by atoms with Crippen LogP contribution in [0.15, 0.2) is 35.7 Å². The molecular weight excluding hydrogens is 345 g/mol. The van der Waals surface area contributed by atoms with E-state index in [9.17, 15) is 9.59 Å². The lowest BCUT2D eigenvalue weighted by Gasteiger charge is -2.08. The quantitative estimate of drug-likeness (QED) is 0.789. The highest BCUT2D eigenvalue weighted by Crippen LogP contribution is 2.25. The first kappa shape index (κ1) is 16.8. The lowest BCUT2D eigenvalue weighted by molar-refractivity contribution is -0.147. The van der Waals surface area contributed by atoms with Gasteiger partial charge in [0.15, 0.2) is 6.61 Å². The number of amides is 1. The van der Waals surface area contributed by atoms with Crippen LogP contribution in [0.25, 0.3) is 0 Å². The van der Waals surface area contributed by atoms with Crippen LogP contribution >= 0.6 is 34.5 Å². The van der Waals surface area contributed by atoms with Crippen molar-refractivity contribution in [3.05, 3.63) is 50.6 Å². The number of thiophene rings is 1. The Bertz CT molecular complexity index is 659. The van der Waals surface area contributed by atoms with Crippen molar-refractivity contribution in [1.82, 2.24) is 0 Å². The Balaban J connectivity index is 1.75. The van der Waals surface area contributed by atoms with Gasteiger partial charge in [0.2, 0.25) is 0 Å². The van der Waals surface area contributed by atoms with E-state index in [4.69, 9.17) is 27.9 Å². The van der Waals surface area contributed by atoms with Crippen LogP contribution in [0.5, 0.6) is 0 Å². The van der Waals surface area contributed by atoms with Crippen molar-refractivity contribution in [2.24, 2.45) is 0 Å². The molecule has 4 nitrogen and oxygen atoms in total. The van der Waals surface area contributed by atoms with Crippen molar-refractivity contribution in [3.8, 4) is 0 Å². The van der Waals surface area contributed by atoms with Crippen LogP contribution in [0.4, 0.5) is 5.69 Å². The van der Waals surface area contributed by atoms with Gasteiger partial charge >= 0.3 is 5.97 Å². The third-order valence-corrected chi connectivity index (χ3v) is 4.22. The summed E-state index contributed by atoms with van der Waals surface area (Å²) in [6.45, 7) is -0.355. The van der Waals surface area contributed by atoms with E-state index in [1.165, 1.54) is 6.07 Å². The van der Waals surface area contributed by atoms with Crippen LogP contribution in [0.3, 0.4) is 0 Å². The molecule has 1 amide bonds. The number of carbonyl (C=O) groups excluding carboxylic acids is 2. The maximum atomic E-state index is 11.7. The number of nitrogens with one attached hydrogen (secondary N) is 1. The van der Waals surface area contributed by atoms with E-state index in [2.05, 4.69) is 5.32 Å². The second-order valence-electron chi connectivity index (χ2n) is 4.41. The fourth-order valence-electron chi connectivity index (χ4n) is 1.68. The molecule has 22 heavy (non-hydrogen) atoms. The van der Waals surface area contributed by atoms with Crippen LogP contribution < -0.4 is 5.32 Å². The Morgan fingerprint density at radius 3 is 2.77 bits per heavy atom. The van der Waals surface area contributed by atoms with Gasteiger partial charge in [0.25, 0.3) is 5.91 Å². The number of ether oxygens (including phenoxy) is 1. The SMILES string of the molecule is O=C(COC(=O)CCc1cccs1)Nc1cc(Cl)ccc1Cl. The molecule has 1 heterocycles. The van der Waals surface area contributed by atoms with E-state index in [-0.39, 0.29) is 13.0 Å². The Morgan fingerprint density at radius 1 is 1.23 bits per heavy atom. The van der Waals surface area contributed by atoms with E-state index in [1.54, 1.807) is 23.5 Å². The van der Waals surface area contributed by atoms with E-state index in [1.807, 2.05) is 17.5 Å². The minimum atomic E-state index is -0.464.